The Kier molecular flexibility index (Phi) is 5.78. The maximum absolute atomic E-state index is 8.98. The minimum atomic E-state index is -0.239. The zero-order valence-electron chi connectivity index (χ0n) is 11.6. The Morgan fingerprint density at radius 2 is 1.86 bits per heavy atom. The van der Waals surface area contributed by atoms with Crippen molar-refractivity contribution >= 4 is 31.3 Å². The van der Waals surface area contributed by atoms with Gasteiger partial charge in [-0.2, -0.15) is 0 Å². The van der Waals surface area contributed by atoms with Gasteiger partial charge in [-0.1, -0.05) is 0 Å². The molecule has 2 aromatic carbocycles. The molecule has 21 heavy (non-hydrogen) atoms. The number of nitrogens with zero attached hydrogens (tertiary/aromatic N) is 2. The van der Waals surface area contributed by atoms with Gasteiger partial charge in [0, 0.05) is 0 Å². The summed E-state index contributed by atoms with van der Waals surface area (Å²) in [5.74, 6) is 0.806. The minimum absolute atomic E-state index is 0.239. The first kappa shape index (κ1) is 15.1. The van der Waals surface area contributed by atoms with E-state index in [0.29, 0.717) is 0 Å². The van der Waals surface area contributed by atoms with E-state index in [1.54, 1.807) is 13.3 Å². The number of benzene rings is 2. The Hall–Kier alpha value is -2.34. The van der Waals surface area contributed by atoms with Gasteiger partial charge in [0.05, 0.1) is 0 Å². The van der Waals surface area contributed by atoms with E-state index < -0.39 is 0 Å². The van der Waals surface area contributed by atoms with Crippen molar-refractivity contribution in [3.63, 3.8) is 0 Å². The van der Waals surface area contributed by atoms with Gasteiger partial charge < -0.3 is 0 Å². The topological polar surface area (TPSA) is 45.4 Å². The molecule has 0 saturated carbocycles. The van der Waals surface area contributed by atoms with E-state index >= 15 is 0 Å². The van der Waals surface area contributed by atoms with E-state index in [2.05, 4.69) is 9.96 Å². The van der Waals surface area contributed by atoms with Crippen molar-refractivity contribution < 1.29 is 4.74 Å². The summed E-state index contributed by atoms with van der Waals surface area (Å²) in [6.45, 7) is 0. The van der Waals surface area contributed by atoms with E-state index in [1.165, 1.54) is 0 Å². The van der Waals surface area contributed by atoms with Crippen LogP contribution >= 0.6 is 0 Å². The van der Waals surface area contributed by atoms with Gasteiger partial charge in [-0.3, -0.25) is 0 Å². The molecular weight excluding hydrogens is 327 g/mol. The van der Waals surface area contributed by atoms with Crippen LogP contribution < -0.4 is 4.74 Å². The Labute approximate surface area is 130 Å². The predicted octanol–water partition coefficient (Wildman–Crippen LogP) is 3.62. The second-order valence-corrected chi connectivity index (χ2v) is 5.80. The van der Waals surface area contributed by atoms with Crippen LogP contribution in [0.25, 0.3) is 4.47 Å². The van der Waals surface area contributed by atoms with Crippen molar-refractivity contribution in [2.75, 3.05) is 7.11 Å². The molecule has 0 aliphatic carbocycles. The number of nitriles is 1. The Morgan fingerprint density at radius 1 is 1.14 bits per heavy atom. The number of hydrogen-bond acceptors (Lipinski definition) is 3. The third kappa shape index (κ3) is 4.61. The molecule has 0 heterocycles. The molecule has 0 spiro atoms. The van der Waals surface area contributed by atoms with Crippen LogP contribution in [0.5, 0.6) is 5.75 Å². The van der Waals surface area contributed by atoms with E-state index in [0.717, 1.165) is 21.5 Å². The van der Waals surface area contributed by atoms with Gasteiger partial charge in [-0.05, 0) is 0 Å². The fraction of sp³-hybridized carbons (Fsp3) is 0.0588. The summed E-state index contributed by atoms with van der Waals surface area (Å²) < 4.78 is 6.14. The predicted molar refractivity (Wildman–Crippen MR) is 86.9 cm³/mol. The molecule has 0 saturated heterocycles. The molecule has 0 bridgehead atoms. The van der Waals surface area contributed by atoms with Crippen molar-refractivity contribution in [1.82, 2.24) is 0 Å². The molecular formula is C17H14N2OSe. The number of methoxy groups -OCH3 is 1. The van der Waals surface area contributed by atoms with Crippen molar-refractivity contribution in [2.24, 2.45) is 4.99 Å². The number of rotatable bonds is 5. The molecule has 104 valence electrons. The number of hydrogen-bond donors (Lipinski definition) is 0. The van der Waals surface area contributed by atoms with Crippen molar-refractivity contribution in [2.45, 2.75) is 0 Å². The first-order chi connectivity index (χ1) is 10.3. The maximum atomic E-state index is 8.98. The van der Waals surface area contributed by atoms with Crippen LogP contribution in [0.4, 0.5) is 5.69 Å². The summed E-state index contributed by atoms with van der Waals surface area (Å²) >= 11 is -0.239. The molecule has 0 aliphatic rings. The SMILES string of the molecule is COc1ccc(/C(=C/C=Nc2ccccc2)[Se]C#N)cc1. The average molecular weight is 341 g/mol. The van der Waals surface area contributed by atoms with Crippen LogP contribution in [0.1, 0.15) is 5.56 Å². The standard InChI is InChI=1S/C17H14N2OSe/c1-20-16-9-7-14(8-10-16)17(21-13-18)11-12-19-15-5-3-2-4-6-15/h2-12H,1H3/b17-11-,19-12?. The van der Waals surface area contributed by atoms with E-state index in [4.69, 9.17) is 10.00 Å². The van der Waals surface area contributed by atoms with Gasteiger partial charge in [-0.25, -0.2) is 0 Å². The van der Waals surface area contributed by atoms with E-state index in [-0.39, 0.29) is 15.0 Å². The third-order valence-corrected chi connectivity index (χ3v) is 4.17. The summed E-state index contributed by atoms with van der Waals surface area (Å²) in [7, 11) is 1.64. The van der Waals surface area contributed by atoms with Crippen LogP contribution in [0.3, 0.4) is 0 Å². The number of aliphatic imine (C=N–C) groups is 1. The normalized spacial score (nSPS) is 11.3. The van der Waals surface area contributed by atoms with Gasteiger partial charge in [0.2, 0.25) is 0 Å². The zero-order chi connectivity index (χ0) is 14.9. The van der Waals surface area contributed by atoms with Crippen molar-refractivity contribution in [3.8, 4) is 10.7 Å². The molecule has 0 fully saturated rings. The molecule has 0 N–H and O–H groups in total. The Bertz CT molecular complexity index is 670. The van der Waals surface area contributed by atoms with Gasteiger partial charge >= 0.3 is 130 Å². The number of allylic oxidation sites excluding steroid dienone is 1. The van der Waals surface area contributed by atoms with Gasteiger partial charge in [-0.15, -0.1) is 0 Å². The Morgan fingerprint density at radius 3 is 2.48 bits per heavy atom. The first-order valence-corrected chi connectivity index (χ1v) is 8.04. The second-order valence-electron chi connectivity index (χ2n) is 4.07. The molecule has 0 unspecified atom stereocenters. The molecule has 0 atom stereocenters. The molecule has 4 heteroatoms. The summed E-state index contributed by atoms with van der Waals surface area (Å²) in [6, 6.07) is 17.4. The van der Waals surface area contributed by atoms with Crippen LogP contribution in [-0.4, -0.2) is 28.3 Å². The van der Waals surface area contributed by atoms with E-state index in [1.807, 2.05) is 60.7 Å². The summed E-state index contributed by atoms with van der Waals surface area (Å²) in [4.78, 5) is 6.61. The molecule has 0 aromatic heterocycles. The van der Waals surface area contributed by atoms with Gasteiger partial charge in [0.1, 0.15) is 0 Å². The average Bonchev–Trinajstić information content (AvgIpc) is 2.55. The Balaban J connectivity index is 2.19. The third-order valence-electron chi connectivity index (χ3n) is 2.74. The molecule has 0 amide bonds. The van der Waals surface area contributed by atoms with Gasteiger partial charge in [0.25, 0.3) is 0 Å². The summed E-state index contributed by atoms with van der Waals surface area (Å²) in [5.41, 5.74) is 1.92. The fourth-order valence-electron chi connectivity index (χ4n) is 1.70. The van der Waals surface area contributed by atoms with Crippen LogP contribution in [0.15, 0.2) is 65.7 Å². The van der Waals surface area contributed by atoms with Crippen molar-refractivity contribution in [3.05, 3.63) is 66.2 Å². The summed E-state index contributed by atoms with van der Waals surface area (Å²) in [6.07, 6.45) is 3.64. The second kappa shape index (κ2) is 8.06. The monoisotopic (exact) mass is 342 g/mol. The molecule has 3 nitrogen and oxygen atoms in total. The zero-order valence-corrected chi connectivity index (χ0v) is 13.3. The van der Waals surface area contributed by atoms with Crippen LogP contribution in [0.2, 0.25) is 0 Å². The number of ether oxygens (including phenoxy) is 1. The van der Waals surface area contributed by atoms with Crippen molar-refractivity contribution in [1.29, 1.82) is 5.26 Å². The van der Waals surface area contributed by atoms with Crippen LogP contribution in [0, 0.1) is 10.2 Å². The van der Waals surface area contributed by atoms with Gasteiger partial charge in [0.15, 0.2) is 0 Å². The molecule has 2 rings (SSSR count). The summed E-state index contributed by atoms with van der Waals surface area (Å²) in [5, 5.41) is 8.98. The molecule has 0 radical (unpaired) electrons. The molecule has 0 aliphatic heterocycles. The van der Waals surface area contributed by atoms with Crippen LogP contribution in [-0.2, 0) is 0 Å². The first-order valence-electron chi connectivity index (χ1n) is 6.33. The number of para-hydroxylation sites is 1. The molecule has 2 aromatic rings. The fourth-order valence-corrected chi connectivity index (χ4v) is 2.71. The quantitative estimate of drug-likeness (QED) is 0.616. The van der Waals surface area contributed by atoms with E-state index in [9.17, 15) is 0 Å².